The van der Waals surface area contributed by atoms with Crippen LogP contribution < -0.4 is 5.32 Å². The second-order valence-corrected chi connectivity index (χ2v) is 10.00. The van der Waals surface area contributed by atoms with Crippen LogP contribution in [0.3, 0.4) is 0 Å². The van der Waals surface area contributed by atoms with Crippen molar-refractivity contribution >= 4 is 24.1 Å². The number of carbonyl (C=O) groups is 1. The highest BCUT2D eigenvalue weighted by atomic mass is 32.7. The van der Waals surface area contributed by atoms with Gasteiger partial charge in [0.05, 0.1) is 6.61 Å². The Morgan fingerprint density at radius 2 is 2.15 bits per heavy atom. The van der Waals surface area contributed by atoms with Gasteiger partial charge in [0, 0.05) is 18.3 Å². The number of rotatable bonds is 8. The molecule has 1 rings (SSSR count). The highest BCUT2D eigenvalue weighted by Gasteiger charge is 2.41. The number of nitrogens with one attached hydrogen (secondary N) is 1. The molecule has 1 aliphatic heterocycles. The zero-order chi connectivity index (χ0) is 20.0. The number of ether oxygens (including phenoxy) is 1. The minimum atomic E-state index is -4.71. The van der Waals surface area contributed by atoms with E-state index >= 15 is 0 Å². The highest BCUT2D eigenvalue weighted by Crippen LogP contribution is 2.66. The van der Waals surface area contributed by atoms with Crippen molar-refractivity contribution in [1.29, 1.82) is 5.26 Å². The first kappa shape index (κ1) is 22.7. The largest absolute Gasteiger partial charge is 0.452 e. The normalized spacial score (nSPS) is 20.0. The summed E-state index contributed by atoms with van der Waals surface area (Å²) < 4.78 is 60.9. The van der Waals surface area contributed by atoms with Gasteiger partial charge in [0.1, 0.15) is 11.9 Å². The zero-order valence-corrected chi connectivity index (χ0v) is 16.3. The summed E-state index contributed by atoms with van der Waals surface area (Å²) in [6, 6.07) is 1.54. The summed E-state index contributed by atoms with van der Waals surface area (Å²) in [7, 11) is 0. The van der Waals surface area contributed by atoms with Crippen molar-refractivity contribution in [2.75, 3.05) is 26.3 Å². The quantitative estimate of drug-likeness (QED) is 0.279. The van der Waals surface area contributed by atoms with Crippen LogP contribution in [0.25, 0.3) is 0 Å². The van der Waals surface area contributed by atoms with E-state index in [1.165, 1.54) is 10.7 Å². The molecule has 1 aliphatic rings. The summed E-state index contributed by atoms with van der Waals surface area (Å²) in [4.78, 5) is 11.9. The average Bonchev–Trinajstić information content (AvgIpc) is 3.03. The van der Waals surface area contributed by atoms with Crippen molar-refractivity contribution in [2.45, 2.75) is 38.6 Å². The van der Waals surface area contributed by atoms with Gasteiger partial charge in [0.2, 0.25) is 0 Å². The number of hydrogen-bond donors (Lipinski definition) is 1. The second-order valence-electron chi connectivity index (χ2n) is 5.29. The fraction of sp³-hybridized carbons (Fsp3) is 0.714. The molecule has 0 amide bonds. The molecule has 2 atom stereocenters. The van der Waals surface area contributed by atoms with E-state index in [-0.39, 0.29) is 30.8 Å². The number of hydrogen-bond acceptors (Lipinski definition) is 7. The summed E-state index contributed by atoms with van der Waals surface area (Å²) in [6.45, 7) is 0.654. The van der Waals surface area contributed by atoms with E-state index in [4.69, 9.17) is 4.52 Å². The van der Waals surface area contributed by atoms with Gasteiger partial charge in [-0.3, -0.25) is 9.24 Å². The maximum atomic E-state index is 13.3. The topological polar surface area (TPSA) is 91.7 Å². The molecule has 1 N–H and O–H groups in total. The number of nitrogens with zero attached hydrogens (tertiary/aromatic N) is 2. The molecule has 0 bridgehead atoms. The monoisotopic (exact) mass is 415 g/mol. The van der Waals surface area contributed by atoms with Gasteiger partial charge in [0.25, 0.3) is 0 Å². The third-order valence-corrected chi connectivity index (χ3v) is 8.59. The van der Waals surface area contributed by atoms with E-state index in [1.807, 2.05) is 13.8 Å². The lowest BCUT2D eigenvalue weighted by molar-refractivity contribution is -0.183. The predicted molar refractivity (Wildman–Crippen MR) is 90.9 cm³/mol. The Kier molecular flexibility index (Phi) is 8.31. The van der Waals surface area contributed by atoms with Gasteiger partial charge < -0.3 is 14.6 Å². The first-order chi connectivity index (χ1) is 12.1. The molecule has 0 spiro atoms. The zero-order valence-electron chi connectivity index (χ0n) is 14.6. The maximum absolute atomic E-state index is 13.3. The molecule has 148 valence electrons. The van der Waals surface area contributed by atoms with E-state index in [9.17, 15) is 27.8 Å². The molecule has 2 unspecified atom stereocenters. The lowest BCUT2D eigenvalue weighted by Gasteiger charge is -2.30. The van der Waals surface area contributed by atoms with Crippen molar-refractivity contribution in [3.8, 4) is 6.07 Å². The molecule has 7 nitrogen and oxygen atoms in total. The van der Waals surface area contributed by atoms with Crippen molar-refractivity contribution in [2.24, 2.45) is 0 Å². The van der Waals surface area contributed by atoms with Crippen LogP contribution in [0, 0.1) is 11.3 Å². The van der Waals surface area contributed by atoms with Crippen molar-refractivity contribution < 1.29 is 31.8 Å². The SMILES string of the molecule is CCOP(=O)(SC(C)CC)N1CCNC1=C(C#N)C(=O)OCC(F)(F)F. The van der Waals surface area contributed by atoms with Crippen molar-refractivity contribution in [3.05, 3.63) is 11.4 Å². The Morgan fingerprint density at radius 1 is 1.50 bits per heavy atom. The standard InChI is InChI=1S/C14H21F3N3O4PS/c1-4-10(3)26-25(22,24-5-2)20-7-6-19-12(20)11(8-18)13(21)23-9-14(15,16)17/h10,19H,4-7,9H2,1-3H3. The third kappa shape index (κ3) is 6.11. The molecular formula is C14H21F3N3O4PS. The van der Waals surface area contributed by atoms with Crippen LogP contribution in [0.4, 0.5) is 13.2 Å². The summed E-state index contributed by atoms with van der Waals surface area (Å²) in [5.74, 6) is -1.57. The minimum absolute atomic E-state index is 0.0306. The van der Waals surface area contributed by atoms with Gasteiger partial charge in [-0.2, -0.15) is 18.4 Å². The van der Waals surface area contributed by atoms with Crippen LogP contribution in [0.5, 0.6) is 0 Å². The van der Waals surface area contributed by atoms with Crippen LogP contribution in [0.15, 0.2) is 11.4 Å². The van der Waals surface area contributed by atoms with Crippen LogP contribution in [-0.4, -0.2) is 48.4 Å². The van der Waals surface area contributed by atoms with Crippen LogP contribution in [-0.2, 0) is 18.6 Å². The molecule has 0 aromatic heterocycles. The Hall–Kier alpha value is -1.37. The Balaban J connectivity index is 3.17. The second kappa shape index (κ2) is 9.53. The van der Waals surface area contributed by atoms with E-state index in [2.05, 4.69) is 10.1 Å². The molecule has 0 saturated carbocycles. The molecule has 1 saturated heterocycles. The average molecular weight is 415 g/mol. The van der Waals surface area contributed by atoms with E-state index in [0.29, 0.717) is 6.42 Å². The van der Waals surface area contributed by atoms with Crippen molar-refractivity contribution in [3.63, 3.8) is 0 Å². The lowest BCUT2D eigenvalue weighted by atomic mass is 10.3. The smallest absolute Gasteiger partial charge is 0.422 e. The predicted octanol–water partition coefficient (Wildman–Crippen LogP) is 3.41. The Bertz CT molecular complexity index is 636. The molecular weight excluding hydrogens is 394 g/mol. The van der Waals surface area contributed by atoms with Gasteiger partial charge >= 0.3 is 18.9 Å². The molecule has 26 heavy (non-hydrogen) atoms. The maximum Gasteiger partial charge on any atom is 0.422 e. The van der Waals surface area contributed by atoms with Gasteiger partial charge in [0.15, 0.2) is 12.2 Å². The van der Waals surface area contributed by atoms with Crippen LogP contribution >= 0.6 is 18.1 Å². The number of carbonyl (C=O) groups excluding carboxylic acids is 1. The molecule has 0 radical (unpaired) electrons. The fourth-order valence-electron chi connectivity index (χ4n) is 1.98. The highest BCUT2D eigenvalue weighted by molar-refractivity contribution is 8.56. The summed E-state index contributed by atoms with van der Waals surface area (Å²) in [6.07, 6.45) is -4.00. The summed E-state index contributed by atoms with van der Waals surface area (Å²) >= 11 is 1.07. The fourth-order valence-corrected chi connectivity index (χ4v) is 7.13. The molecule has 0 aromatic carbocycles. The first-order valence-electron chi connectivity index (χ1n) is 7.91. The molecule has 12 heteroatoms. The summed E-state index contributed by atoms with van der Waals surface area (Å²) in [5.41, 5.74) is -0.670. The summed E-state index contributed by atoms with van der Waals surface area (Å²) in [5, 5.41) is 11.9. The minimum Gasteiger partial charge on any atom is -0.452 e. The molecule has 1 heterocycles. The molecule has 0 aliphatic carbocycles. The van der Waals surface area contributed by atoms with E-state index in [0.717, 1.165) is 11.4 Å². The van der Waals surface area contributed by atoms with E-state index < -0.39 is 31.0 Å². The number of esters is 1. The third-order valence-electron chi connectivity index (χ3n) is 3.27. The lowest BCUT2D eigenvalue weighted by Crippen LogP contribution is -2.26. The molecule has 0 aromatic rings. The Labute approximate surface area is 154 Å². The van der Waals surface area contributed by atoms with Crippen molar-refractivity contribution in [1.82, 2.24) is 9.99 Å². The van der Waals surface area contributed by atoms with Gasteiger partial charge in [-0.25, -0.2) is 4.79 Å². The van der Waals surface area contributed by atoms with Crippen LogP contribution in [0.2, 0.25) is 0 Å². The van der Waals surface area contributed by atoms with Crippen LogP contribution in [0.1, 0.15) is 27.2 Å². The van der Waals surface area contributed by atoms with Gasteiger partial charge in [-0.1, -0.05) is 13.8 Å². The van der Waals surface area contributed by atoms with Gasteiger partial charge in [-0.05, 0) is 24.7 Å². The number of halogens is 3. The van der Waals surface area contributed by atoms with E-state index in [1.54, 1.807) is 6.92 Å². The molecule has 1 fully saturated rings. The number of alkyl halides is 3. The van der Waals surface area contributed by atoms with Gasteiger partial charge in [-0.15, -0.1) is 0 Å². The first-order valence-corrected chi connectivity index (χ1v) is 11.0. The number of nitriles is 1. The Morgan fingerprint density at radius 3 is 2.65 bits per heavy atom.